The van der Waals surface area contributed by atoms with Gasteiger partial charge in [-0.1, -0.05) is 115 Å². The molecule has 11 rings (SSSR count). The summed E-state index contributed by atoms with van der Waals surface area (Å²) in [4.78, 5) is 10.5. The molecule has 2 N–H and O–H groups in total. The van der Waals surface area contributed by atoms with E-state index in [-0.39, 0.29) is 18.2 Å². The van der Waals surface area contributed by atoms with E-state index in [2.05, 4.69) is 120 Å². The summed E-state index contributed by atoms with van der Waals surface area (Å²) in [5.74, 6) is 2.89. The first-order valence-electron chi connectivity index (χ1n) is 22.9. The number of allylic oxidation sites excluding steroid dienone is 6. The lowest BCUT2D eigenvalue weighted by atomic mass is 9.68. The SMILES string of the molecule is C1=CC(C2NC(C3=CCCCC3)=NC(C3C=C(C4C=c5ccccc5=C5CCCCC54)C=C(C4=Cc5ccc(C6=c7ccccc7=NCC6)cc5CC4)C3)N2)CCC1. The fourth-order valence-electron chi connectivity index (χ4n) is 11.7. The number of nitrogens with one attached hydrogen (secondary N) is 2. The maximum atomic E-state index is 5.64. The van der Waals surface area contributed by atoms with E-state index in [4.69, 9.17) is 9.98 Å². The molecular weight excluding hydrogens is 705 g/mol. The molecule has 2 aliphatic heterocycles. The molecule has 2 heterocycles. The van der Waals surface area contributed by atoms with Crippen LogP contribution in [0.4, 0.5) is 0 Å². The van der Waals surface area contributed by atoms with Gasteiger partial charge in [0.25, 0.3) is 0 Å². The number of hydrogen-bond donors (Lipinski definition) is 2. The number of amidine groups is 1. The van der Waals surface area contributed by atoms with E-state index in [1.54, 1.807) is 5.57 Å². The monoisotopic (exact) mass is 762 g/mol. The van der Waals surface area contributed by atoms with Crippen LogP contribution in [0.15, 0.2) is 129 Å². The summed E-state index contributed by atoms with van der Waals surface area (Å²) in [5.41, 5.74) is 13.4. The summed E-state index contributed by atoms with van der Waals surface area (Å²) < 4.78 is 0. The molecule has 4 heteroatoms. The molecule has 1 fully saturated rings. The van der Waals surface area contributed by atoms with Gasteiger partial charge in [-0.25, -0.2) is 4.99 Å². The van der Waals surface area contributed by atoms with E-state index in [9.17, 15) is 0 Å². The van der Waals surface area contributed by atoms with Crippen molar-refractivity contribution in [1.29, 1.82) is 0 Å². The molecule has 0 aromatic heterocycles. The van der Waals surface area contributed by atoms with Gasteiger partial charge in [-0.15, -0.1) is 0 Å². The van der Waals surface area contributed by atoms with Gasteiger partial charge in [0.05, 0.1) is 11.5 Å². The second kappa shape index (κ2) is 15.8. The maximum Gasteiger partial charge on any atom is 0.126 e. The molecule has 0 radical (unpaired) electrons. The second-order valence-electron chi connectivity index (χ2n) is 18.3. The lowest BCUT2D eigenvalue weighted by molar-refractivity contribution is 0.272. The van der Waals surface area contributed by atoms with Gasteiger partial charge in [0.2, 0.25) is 0 Å². The van der Waals surface area contributed by atoms with Crippen LogP contribution >= 0.6 is 0 Å². The average molecular weight is 763 g/mol. The van der Waals surface area contributed by atoms with Gasteiger partial charge < -0.3 is 5.32 Å². The quantitative estimate of drug-likeness (QED) is 0.247. The lowest BCUT2D eigenvalue weighted by Gasteiger charge is -2.41. The number of rotatable bonds is 6. The van der Waals surface area contributed by atoms with E-state index in [1.807, 2.05) is 0 Å². The zero-order valence-corrected chi connectivity index (χ0v) is 34.1. The van der Waals surface area contributed by atoms with Gasteiger partial charge in [-0.3, -0.25) is 10.3 Å². The van der Waals surface area contributed by atoms with Crippen molar-refractivity contribution in [3.63, 3.8) is 0 Å². The Labute approximate surface area is 344 Å². The van der Waals surface area contributed by atoms with Crippen LogP contribution in [-0.4, -0.2) is 24.7 Å². The second-order valence-corrected chi connectivity index (χ2v) is 18.3. The Morgan fingerprint density at radius 1 is 0.690 bits per heavy atom. The fraction of sp³-hybridized carbons (Fsp3) is 0.407. The van der Waals surface area contributed by atoms with E-state index >= 15 is 0 Å². The van der Waals surface area contributed by atoms with Gasteiger partial charge in [-0.2, -0.15) is 0 Å². The first-order chi connectivity index (χ1) is 28.7. The van der Waals surface area contributed by atoms with Crippen molar-refractivity contribution in [1.82, 2.24) is 10.6 Å². The minimum atomic E-state index is 0.0324. The molecule has 58 heavy (non-hydrogen) atoms. The smallest absolute Gasteiger partial charge is 0.126 e. The molecule has 6 aliphatic carbocycles. The van der Waals surface area contributed by atoms with Crippen LogP contribution in [0.5, 0.6) is 0 Å². The molecule has 6 unspecified atom stereocenters. The van der Waals surface area contributed by atoms with E-state index in [0.29, 0.717) is 17.8 Å². The number of aryl methyl sites for hydroxylation is 1. The van der Waals surface area contributed by atoms with Gasteiger partial charge in [0.1, 0.15) is 12.0 Å². The largest absolute Gasteiger partial charge is 0.354 e. The third-order valence-electron chi connectivity index (χ3n) is 14.7. The third kappa shape index (κ3) is 6.96. The average Bonchev–Trinajstić information content (AvgIpc) is 3.31. The summed E-state index contributed by atoms with van der Waals surface area (Å²) in [6.07, 6.45) is 36.0. The van der Waals surface area contributed by atoms with Crippen molar-refractivity contribution in [2.45, 2.75) is 109 Å². The minimum Gasteiger partial charge on any atom is -0.354 e. The molecule has 1 saturated carbocycles. The Bertz CT molecular complexity index is 2580. The Morgan fingerprint density at radius 2 is 1.60 bits per heavy atom. The first kappa shape index (κ1) is 36.3. The number of para-hydroxylation sites is 1. The summed E-state index contributed by atoms with van der Waals surface area (Å²) >= 11 is 0. The van der Waals surface area contributed by atoms with Gasteiger partial charge in [-0.05, 0) is 157 Å². The van der Waals surface area contributed by atoms with Crippen molar-refractivity contribution in [2.24, 2.45) is 33.7 Å². The topological polar surface area (TPSA) is 48.8 Å². The molecule has 4 nitrogen and oxygen atoms in total. The molecule has 6 atom stereocenters. The molecule has 8 aliphatic rings. The van der Waals surface area contributed by atoms with Crippen molar-refractivity contribution >= 4 is 29.1 Å². The molecule has 0 saturated heterocycles. The molecule has 0 bridgehead atoms. The van der Waals surface area contributed by atoms with Crippen molar-refractivity contribution in [3.05, 3.63) is 157 Å². The highest BCUT2D eigenvalue weighted by atomic mass is 15.3. The molecule has 3 aromatic rings. The Balaban J connectivity index is 0.990. The number of nitrogens with zero attached hydrogens (tertiary/aromatic N) is 2. The predicted octanol–water partition coefficient (Wildman–Crippen LogP) is 8.66. The zero-order chi connectivity index (χ0) is 38.4. The van der Waals surface area contributed by atoms with Gasteiger partial charge >= 0.3 is 0 Å². The highest BCUT2D eigenvalue weighted by Gasteiger charge is 2.37. The summed E-state index contributed by atoms with van der Waals surface area (Å²) in [5, 5.41) is 13.5. The van der Waals surface area contributed by atoms with Gasteiger partial charge in [0, 0.05) is 29.5 Å². The molecule has 0 spiro atoms. The van der Waals surface area contributed by atoms with Crippen LogP contribution in [0, 0.1) is 23.7 Å². The van der Waals surface area contributed by atoms with Crippen molar-refractivity contribution in [3.8, 4) is 0 Å². The highest BCUT2D eigenvalue weighted by Crippen LogP contribution is 2.45. The first-order valence-corrected chi connectivity index (χ1v) is 22.9. The van der Waals surface area contributed by atoms with Crippen molar-refractivity contribution in [2.75, 3.05) is 6.54 Å². The summed E-state index contributed by atoms with van der Waals surface area (Å²) in [7, 11) is 0. The van der Waals surface area contributed by atoms with Crippen LogP contribution in [-0.2, 0) is 6.42 Å². The summed E-state index contributed by atoms with van der Waals surface area (Å²) in [6, 6.07) is 25.2. The normalized spacial score (nSPS) is 29.0. The van der Waals surface area contributed by atoms with E-state index in [0.717, 1.165) is 49.8 Å². The van der Waals surface area contributed by atoms with Crippen LogP contribution in [0.2, 0.25) is 0 Å². The zero-order valence-electron chi connectivity index (χ0n) is 34.1. The predicted molar refractivity (Wildman–Crippen MR) is 240 cm³/mol. The Kier molecular flexibility index (Phi) is 9.86. The van der Waals surface area contributed by atoms with Crippen molar-refractivity contribution < 1.29 is 0 Å². The number of aliphatic imine (C=N–C) groups is 1. The number of benzene rings is 3. The number of fused-ring (bicyclic) bond motifs is 4. The van der Waals surface area contributed by atoms with E-state index in [1.165, 1.54) is 124 Å². The standard InChI is InChI=1S/C54H58N4/c1-3-13-35(14-4-1)52-56-53(36-15-5-2-6-16-36)58-54(57-52)44-32-42(31-43(33-44)50-34-40-17-7-8-18-45(40)47-19-9-10-20-48(47)50)39-24-23-38-30-41(26-25-37(38)29-39)46-27-28-55-51-22-12-11-21-49(46)51/h3,7-8,11-13,15,17-18,21-22,25-26,29-31,33-35,44,48,50,52,54,57H,1-2,4-6,9-10,14,16,19-20,23-24,27-28,32H2,(H,56,58). The Hall–Kier alpha value is -4.80. The lowest BCUT2D eigenvalue weighted by Crippen LogP contribution is -2.59. The highest BCUT2D eigenvalue weighted by molar-refractivity contribution is 5.99. The van der Waals surface area contributed by atoms with Gasteiger partial charge in [0.15, 0.2) is 0 Å². The number of hydrogen-bond acceptors (Lipinski definition) is 4. The van der Waals surface area contributed by atoms with Crippen LogP contribution < -0.4 is 31.6 Å². The molecule has 0 amide bonds. The fourth-order valence-corrected chi connectivity index (χ4v) is 11.7. The summed E-state index contributed by atoms with van der Waals surface area (Å²) in [6.45, 7) is 0.871. The van der Waals surface area contributed by atoms with E-state index < -0.39 is 0 Å². The van der Waals surface area contributed by atoms with Crippen LogP contribution in [0.25, 0.3) is 23.3 Å². The maximum absolute atomic E-state index is 5.64. The van der Waals surface area contributed by atoms with Crippen LogP contribution in [0.1, 0.15) is 107 Å². The Morgan fingerprint density at radius 3 is 2.52 bits per heavy atom. The van der Waals surface area contributed by atoms with Crippen LogP contribution in [0.3, 0.4) is 0 Å². The molecule has 3 aromatic carbocycles. The third-order valence-corrected chi connectivity index (χ3v) is 14.7. The molecule has 294 valence electrons. The molecular formula is C54H58N4. The minimum absolute atomic E-state index is 0.0324.